The van der Waals surface area contributed by atoms with Crippen molar-refractivity contribution in [2.75, 3.05) is 23.3 Å². The van der Waals surface area contributed by atoms with Crippen molar-refractivity contribution in [3.63, 3.8) is 0 Å². The molecule has 0 aromatic heterocycles. The summed E-state index contributed by atoms with van der Waals surface area (Å²) in [5.74, 6) is 0.0214. The van der Waals surface area contributed by atoms with E-state index >= 15 is 0 Å². The first-order valence-electron chi connectivity index (χ1n) is 9.41. The number of nitrogens with zero attached hydrogens (tertiary/aromatic N) is 1. The van der Waals surface area contributed by atoms with Gasteiger partial charge in [-0.05, 0) is 49.7 Å². The number of sulfonamides is 1. The number of rotatable bonds is 7. The van der Waals surface area contributed by atoms with Crippen LogP contribution in [0.4, 0.5) is 11.4 Å². The van der Waals surface area contributed by atoms with Crippen LogP contribution < -0.4 is 14.4 Å². The van der Waals surface area contributed by atoms with Gasteiger partial charge in [-0.3, -0.25) is 9.10 Å². The summed E-state index contributed by atoms with van der Waals surface area (Å²) in [5, 5.41) is 2.74. The van der Waals surface area contributed by atoms with Crippen molar-refractivity contribution < 1.29 is 17.9 Å². The molecule has 30 heavy (non-hydrogen) atoms. The highest BCUT2D eigenvalue weighted by atomic mass is 32.2. The van der Waals surface area contributed by atoms with Gasteiger partial charge in [0.05, 0.1) is 23.4 Å². The largest absolute Gasteiger partial charge is 0.495 e. The standard InChI is InChI=1S/C23H24N2O4S/c1-17-12-14-19(15-13-17)30(27,28)25(21-10-6-4-8-18(21)2)16-23(26)24-20-9-5-7-11-22(20)29-3/h4-15H,16H2,1-3H3,(H,24,26). The average molecular weight is 425 g/mol. The van der Waals surface area contributed by atoms with Gasteiger partial charge in [-0.15, -0.1) is 0 Å². The highest BCUT2D eigenvalue weighted by Gasteiger charge is 2.28. The molecular formula is C23H24N2O4S. The van der Waals surface area contributed by atoms with Crippen molar-refractivity contribution in [1.82, 2.24) is 0 Å². The van der Waals surface area contributed by atoms with E-state index in [-0.39, 0.29) is 11.4 Å². The quantitative estimate of drug-likeness (QED) is 0.618. The fourth-order valence-electron chi connectivity index (χ4n) is 3.05. The van der Waals surface area contributed by atoms with E-state index in [1.165, 1.54) is 7.11 Å². The zero-order valence-electron chi connectivity index (χ0n) is 17.1. The van der Waals surface area contributed by atoms with Gasteiger partial charge in [0.15, 0.2) is 0 Å². The molecule has 0 aliphatic heterocycles. The van der Waals surface area contributed by atoms with Gasteiger partial charge in [-0.1, -0.05) is 48.0 Å². The highest BCUT2D eigenvalue weighted by Crippen LogP contribution is 2.28. The van der Waals surface area contributed by atoms with E-state index < -0.39 is 15.9 Å². The Kier molecular flexibility index (Phi) is 6.42. The molecule has 0 bridgehead atoms. The molecular weight excluding hydrogens is 400 g/mol. The van der Waals surface area contributed by atoms with Crippen molar-refractivity contribution in [3.8, 4) is 5.75 Å². The average Bonchev–Trinajstić information content (AvgIpc) is 2.73. The molecule has 3 aromatic carbocycles. The number of nitrogens with one attached hydrogen (secondary N) is 1. The first-order chi connectivity index (χ1) is 14.3. The van der Waals surface area contributed by atoms with Gasteiger partial charge in [-0.2, -0.15) is 0 Å². The molecule has 0 saturated heterocycles. The number of hydrogen-bond donors (Lipinski definition) is 1. The first kappa shape index (κ1) is 21.4. The number of methoxy groups -OCH3 is 1. The van der Waals surface area contributed by atoms with Crippen molar-refractivity contribution in [2.24, 2.45) is 0 Å². The monoisotopic (exact) mass is 424 g/mol. The van der Waals surface area contributed by atoms with Gasteiger partial charge >= 0.3 is 0 Å². The highest BCUT2D eigenvalue weighted by molar-refractivity contribution is 7.92. The van der Waals surface area contributed by atoms with E-state index in [9.17, 15) is 13.2 Å². The Labute approximate surface area is 177 Å². The summed E-state index contributed by atoms with van der Waals surface area (Å²) in [6.07, 6.45) is 0. The van der Waals surface area contributed by atoms with Crippen molar-refractivity contribution in [2.45, 2.75) is 18.7 Å². The summed E-state index contributed by atoms with van der Waals surface area (Å²) in [6.45, 7) is 3.32. The number of benzene rings is 3. The lowest BCUT2D eigenvalue weighted by Gasteiger charge is -2.25. The fraction of sp³-hybridized carbons (Fsp3) is 0.174. The molecule has 156 valence electrons. The SMILES string of the molecule is COc1ccccc1NC(=O)CN(c1ccccc1C)S(=O)(=O)c1ccc(C)cc1. The zero-order chi connectivity index (χ0) is 21.7. The molecule has 0 unspecified atom stereocenters. The molecule has 6 nitrogen and oxygen atoms in total. The number of amides is 1. The second kappa shape index (κ2) is 9.00. The van der Waals surface area contributed by atoms with Crippen LogP contribution in [0, 0.1) is 13.8 Å². The topological polar surface area (TPSA) is 75.7 Å². The summed E-state index contributed by atoms with van der Waals surface area (Å²) in [7, 11) is -2.45. The smallest absolute Gasteiger partial charge is 0.264 e. The van der Waals surface area contributed by atoms with E-state index in [4.69, 9.17) is 4.74 Å². The number of aryl methyl sites for hydroxylation is 2. The number of carbonyl (C=O) groups excluding carboxylic acids is 1. The molecule has 0 aliphatic rings. The normalized spacial score (nSPS) is 11.0. The Bertz CT molecular complexity index is 1140. The van der Waals surface area contributed by atoms with Gasteiger partial charge in [0.2, 0.25) is 5.91 Å². The molecule has 0 atom stereocenters. The van der Waals surface area contributed by atoms with Crippen LogP contribution in [-0.2, 0) is 14.8 Å². The minimum atomic E-state index is -3.96. The third-order valence-electron chi connectivity index (χ3n) is 4.66. The lowest BCUT2D eigenvalue weighted by molar-refractivity contribution is -0.114. The Hall–Kier alpha value is -3.32. The van der Waals surface area contributed by atoms with E-state index in [2.05, 4.69) is 5.32 Å². The van der Waals surface area contributed by atoms with Crippen LogP contribution in [0.1, 0.15) is 11.1 Å². The molecule has 0 spiro atoms. The lowest BCUT2D eigenvalue weighted by atomic mass is 10.2. The van der Waals surface area contributed by atoms with Crippen LogP contribution in [0.15, 0.2) is 77.7 Å². The summed E-state index contributed by atoms with van der Waals surface area (Å²) in [6, 6.07) is 20.6. The van der Waals surface area contributed by atoms with Crippen LogP contribution in [0.25, 0.3) is 0 Å². The van der Waals surface area contributed by atoms with Gasteiger partial charge in [-0.25, -0.2) is 8.42 Å². The maximum Gasteiger partial charge on any atom is 0.264 e. The third-order valence-corrected chi connectivity index (χ3v) is 6.44. The maximum atomic E-state index is 13.4. The molecule has 0 heterocycles. The molecule has 1 N–H and O–H groups in total. The Balaban J connectivity index is 1.97. The minimum Gasteiger partial charge on any atom is -0.495 e. The molecule has 1 amide bonds. The molecule has 3 aromatic rings. The summed E-state index contributed by atoms with van der Waals surface area (Å²) in [5.41, 5.74) is 2.62. The minimum absolute atomic E-state index is 0.126. The number of ether oxygens (including phenoxy) is 1. The van der Waals surface area contributed by atoms with Crippen molar-refractivity contribution >= 4 is 27.3 Å². The van der Waals surface area contributed by atoms with Crippen LogP contribution in [0.2, 0.25) is 0 Å². The molecule has 0 aliphatic carbocycles. The molecule has 3 rings (SSSR count). The fourth-order valence-corrected chi connectivity index (χ4v) is 4.53. The van der Waals surface area contributed by atoms with E-state index in [1.54, 1.807) is 60.7 Å². The second-order valence-corrected chi connectivity index (χ2v) is 8.72. The van der Waals surface area contributed by atoms with Crippen LogP contribution in [0.5, 0.6) is 5.75 Å². The van der Waals surface area contributed by atoms with Crippen molar-refractivity contribution in [3.05, 3.63) is 83.9 Å². The zero-order valence-corrected chi connectivity index (χ0v) is 17.9. The van der Waals surface area contributed by atoms with E-state index in [0.29, 0.717) is 17.1 Å². The molecule has 0 saturated carbocycles. The van der Waals surface area contributed by atoms with Gasteiger partial charge in [0.25, 0.3) is 10.0 Å². The lowest BCUT2D eigenvalue weighted by Crippen LogP contribution is -2.38. The molecule has 0 fully saturated rings. The first-order valence-corrected chi connectivity index (χ1v) is 10.8. The number of anilines is 2. The molecule has 0 radical (unpaired) electrons. The van der Waals surface area contributed by atoms with Crippen LogP contribution in [-0.4, -0.2) is 28.0 Å². The number of carbonyl (C=O) groups is 1. The maximum absolute atomic E-state index is 13.4. The van der Waals surface area contributed by atoms with Crippen molar-refractivity contribution in [1.29, 1.82) is 0 Å². The van der Waals surface area contributed by atoms with E-state index in [0.717, 1.165) is 15.4 Å². The summed E-state index contributed by atoms with van der Waals surface area (Å²) in [4.78, 5) is 13.0. The molecule has 7 heteroatoms. The summed E-state index contributed by atoms with van der Waals surface area (Å²) >= 11 is 0. The van der Waals surface area contributed by atoms with Gasteiger partial charge in [0.1, 0.15) is 12.3 Å². The van der Waals surface area contributed by atoms with Gasteiger partial charge in [0, 0.05) is 0 Å². The predicted octanol–water partition coefficient (Wildman–Crippen LogP) is 4.15. The van der Waals surface area contributed by atoms with E-state index in [1.807, 2.05) is 26.0 Å². The van der Waals surface area contributed by atoms with Crippen LogP contribution in [0.3, 0.4) is 0 Å². The Morgan fingerprint density at radius 2 is 1.57 bits per heavy atom. The predicted molar refractivity (Wildman–Crippen MR) is 119 cm³/mol. The second-order valence-electron chi connectivity index (χ2n) is 6.86. The number of para-hydroxylation sites is 3. The Morgan fingerprint density at radius 1 is 0.933 bits per heavy atom. The third kappa shape index (κ3) is 4.63. The summed E-state index contributed by atoms with van der Waals surface area (Å²) < 4.78 is 33.3. The van der Waals surface area contributed by atoms with Gasteiger partial charge < -0.3 is 10.1 Å². The Morgan fingerprint density at radius 3 is 2.23 bits per heavy atom. The number of hydrogen-bond acceptors (Lipinski definition) is 4. The van der Waals surface area contributed by atoms with Crippen LogP contribution >= 0.6 is 0 Å².